The van der Waals surface area contributed by atoms with E-state index in [1.165, 1.54) is 27.1 Å². The molecule has 192 valence electrons. The molecule has 5 nitrogen and oxygen atoms in total. The summed E-state index contributed by atoms with van der Waals surface area (Å²) in [4.78, 5) is 9.50. The van der Waals surface area contributed by atoms with Crippen molar-refractivity contribution in [3.8, 4) is 22.8 Å². The molecule has 0 bridgehead atoms. The molecule has 41 heavy (non-hydrogen) atoms. The zero-order chi connectivity index (χ0) is 26.9. The van der Waals surface area contributed by atoms with E-state index in [1.54, 1.807) is 0 Å². The summed E-state index contributed by atoms with van der Waals surface area (Å²) in [6.07, 6.45) is 5.77. The van der Waals surface area contributed by atoms with Gasteiger partial charge in [-0.15, -0.1) is 0 Å². The molecule has 9 aromatic rings. The Labute approximate surface area is 235 Å². The maximum atomic E-state index is 4.77. The van der Waals surface area contributed by atoms with E-state index >= 15 is 0 Å². The first-order chi connectivity index (χ1) is 20.3. The molecule has 0 amide bonds. The molecular weight excluding hydrogens is 502 g/mol. The minimum Gasteiger partial charge on any atom is -0.309 e. The lowest BCUT2D eigenvalue weighted by molar-refractivity contribution is 1.08. The molecule has 0 fully saturated rings. The Morgan fingerprint density at radius 3 is 1.98 bits per heavy atom. The van der Waals surface area contributed by atoms with E-state index in [2.05, 4.69) is 117 Å². The molecule has 0 unspecified atom stereocenters. The highest BCUT2D eigenvalue weighted by Crippen LogP contribution is 2.39. The van der Waals surface area contributed by atoms with E-state index in [0.29, 0.717) is 0 Å². The summed E-state index contributed by atoms with van der Waals surface area (Å²) in [5.74, 6) is 0.911. The first kappa shape index (κ1) is 22.2. The molecule has 0 atom stereocenters. The van der Waals surface area contributed by atoms with Crippen molar-refractivity contribution in [1.82, 2.24) is 23.5 Å². The van der Waals surface area contributed by atoms with Crippen LogP contribution in [0, 0.1) is 0 Å². The van der Waals surface area contributed by atoms with Crippen LogP contribution in [0.2, 0.25) is 0 Å². The highest BCUT2D eigenvalue weighted by Gasteiger charge is 2.19. The minimum absolute atomic E-state index is 0.911. The first-order valence-electron chi connectivity index (χ1n) is 13.8. The summed E-state index contributed by atoms with van der Waals surface area (Å²) in [5, 5.41) is 4.91. The van der Waals surface area contributed by atoms with Crippen molar-refractivity contribution in [2.45, 2.75) is 0 Å². The number of aromatic nitrogens is 5. The largest absolute Gasteiger partial charge is 0.309 e. The van der Waals surface area contributed by atoms with Crippen molar-refractivity contribution in [1.29, 1.82) is 0 Å². The fraction of sp³-hybridized carbons (Fsp3) is 0. The topological polar surface area (TPSA) is 40.0 Å². The Morgan fingerprint density at radius 1 is 0.463 bits per heavy atom. The summed E-state index contributed by atoms with van der Waals surface area (Å²) in [6, 6.07) is 43.0. The van der Waals surface area contributed by atoms with Crippen LogP contribution in [-0.2, 0) is 0 Å². The van der Waals surface area contributed by atoms with Gasteiger partial charge in [-0.3, -0.25) is 4.57 Å². The van der Waals surface area contributed by atoms with E-state index in [1.807, 2.05) is 36.9 Å². The number of hydrogen-bond donors (Lipinski definition) is 0. The SMILES string of the molecule is c1ccc(-n2c3ccccc3c3cc4c5ccccc5n(-c5cccc(-c6ncn7ccccc67)c5)c4cc32)nc1. The second-order valence-corrected chi connectivity index (χ2v) is 10.4. The Kier molecular flexibility index (Phi) is 4.55. The van der Waals surface area contributed by atoms with Crippen molar-refractivity contribution >= 4 is 49.1 Å². The fourth-order valence-corrected chi connectivity index (χ4v) is 6.40. The molecule has 5 heteroatoms. The third-order valence-corrected chi connectivity index (χ3v) is 8.17. The van der Waals surface area contributed by atoms with Gasteiger partial charge in [0, 0.05) is 45.2 Å². The molecule has 0 saturated carbocycles. The highest BCUT2D eigenvalue weighted by molar-refractivity contribution is 6.19. The van der Waals surface area contributed by atoms with Gasteiger partial charge in [-0.1, -0.05) is 60.7 Å². The second-order valence-electron chi connectivity index (χ2n) is 10.4. The molecule has 0 aliphatic carbocycles. The van der Waals surface area contributed by atoms with E-state index in [9.17, 15) is 0 Å². The van der Waals surface area contributed by atoms with Crippen molar-refractivity contribution < 1.29 is 0 Å². The molecule has 4 aromatic carbocycles. The molecule has 0 aliphatic heterocycles. The van der Waals surface area contributed by atoms with Crippen LogP contribution in [0.5, 0.6) is 0 Å². The molecular formula is C36H23N5. The van der Waals surface area contributed by atoms with Crippen LogP contribution in [0.1, 0.15) is 0 Å². The first-order valence-corrected chi connectivity index (χ1v) is 13.8. The van der Waals surface area contributed by atoms with Gasteiger partial charge in [-0.05, 0) is 60.7 Å². The van der Waals surface area contributed by atoms with Gasteiger partial charge in [-0.2, -0.15) is 0 Å². The van der Waals surface area contributed by atoms with Gasteiger partial charge in [0.2, 0.25) is 0 Å². The molecule has 0 saturated heterocycles. The smallest absolute Gasteiger partial charge is 0.137 e. The standard InChI is InChI=1S/C36H23N5/c1-3-14-30-26(12-1)28-21-29-27-13-2-4-15-31(27)41(35-17-5-7-18-37-35)34(29)22-33(28)40(30)25-11-9-10-24(20-25)36-32-16-6-8-19-39(32)23-38-36/h1-23H. The maximum absolute atomic E-state index is 4.77. The van der Waals surface area contributed by atoms with E-state index in [0.717, 1.165) is 44.8 Å². The molecule has 9 rings (SSSR count). The Hall–Kier alpha value is -5.68. The van der Waals surface area contributed by atoms with Gasteiger partial charge in [0.25, 0.3) is 0 Å². The molecule has 5 heterocycles. The number of benzene rings is 4. The Balaban J connectivity index is 1.38. The number of para-hydroxylation sites is 2. The predicted molar refractivity (Wildman–Crippen MR) is 167 cm³/mol. The van der Waals surface area contributed by atoms with Crippen molar-refractivity contribution in [3.63, 3.8) is 0 Å². The third kappa shape index (κ3) is 3.17. The van der Waals surface area contributed by atoms with E-state index < -0.39 is 0 Å². The fourth-order valence-electron chi connectivity index (χ4n) is 6.40. The van der Waals surface area contributed by atoms with Crippen LogP contribution >= 0.6 is 0 Å². The van der Waals surface area contributed by atoms with Crippen LogP contribution in [0.25, 0.3) is 71.9 Å². The zero-order valence-corrected chi connectivity index (χ0v) is 22.0. The lowest BCUT2D eigenvalue weighted by Gasteiger charge is -2.11. The summed E-state index contributed by atoms with van der Waals surface area (Å²) >= 11 is 0. The molecule has 0 radical (unpaired) electrons. The Bertz CT molecular complexity index is 2420. The number of nitrogens with zero attached hydrogens (tertiary/aromatic N) is 5. The zero-order valence-electron chi connectivity index (χ0n) is 22.0. The van der Waals surface area contributed by atoms with Gasteiger partial charge in [-0.25, -0.2) is 9.97 Å². The average Bonchev–Trinajstić information content (AvgIpc) is 3.70. The van der Waals surface area contributed by atoms with Gasteiger partial charge >= 0.3 is 0 Å². The lowest BCUT2D eigenvalue weighted by atomic mass is 10.1. The summed E-state index contributed by atoms with van der Waals surface area (Å²) < 4.78 is 6.72. The quantitative estimate of drug-likeness (QED) is 0.232. The second kappa shape index (κ2) is 8.41. The van der Waals surface area contributed by atoms with Gasteiger partial charge in [0.1, 0.15) is 5.82 Å². The van der Waals surface area contributed by atoms with E-state index in [4.69, 9.17) is 9.97 Å². The van der Waals surface area contributed by atoms with Gasteiger partial charge < -0.3 is 8.97 Å². The summed E-state index contributed by atoms with van der Waals surface area (Å²) in [7, 11) is 0. The molecule has 0 spiro atoms. The third-order valence-electron chi connectivity index (χ3n) is 8.17. The lowest BCUT2D eigenvalue weighted by Crippen LogP contribution is -1.97. The number of imidazole rings is 1. The average molecular weight is 526 g/mol. The van der Waals surface area contributed by atoms with Crippen LogP contribution in [0.3, 0.4) is 0 Å². The maximum Gasteiger partial charge on any atom is 0.137 e. The minimum atomic E-state index is 0.911. The van der Waals surface area contributed by atoms with Crippen LogP contribution < -0.4 is 0 Å². The molecule has 5 aromatic heterocycles. The van der Waals surface area contributed by atoms with Crippen molar-refractivity contribution in [2.75, 3.05) is 0 Å². The monoisotopic (exact) mass is 525 g/mol. The normalized spacial score (nSPS) is 11.9. The van der Waals surface area contributed by atoms with Crippen LogP contribution in [0.15, 0.2) is 140 Å². The number of rotatable bonds is 3. The van der Waals surface area contributed by atoms with Gasteiger partial charge in [0.15, 0.2) is 0 Å². The van der Waals surface area contributed by atoms with Crippen molar-refractivity contribution in [3.05, 3.63) is 140 Å². The predicted octanol–water partition coefficient (Wildman–Crippen LogP) is 8.59. The number of pyridine rings is 2. The molecule has 0 aliphatic rings. The number of fused-ring (bicyclic) bond motifs is 7. The number of hydrogen-bond acceptors (Lipinski definition) is 2. The van der Waals surface area contributed by atoms with Crippen molar-refractivity contribution in [2.24, 2.45) is 0 Å². The molecule has 0 N–H and O–H groups in total. The Morgan fingerprint density at radius 2 is 1.17 bits per heavy atom. The summed E-state index contributed by atoms with van der Waals surface area (Å²) in [5.41, 5.74) is 8.88. The van der Waals surface area contributed by atoms with E-state index in [-0.39, 0.29) is 0 Å². The van der Waals surface area contributed by atoms with Crippen LogP contribution in [-0.4, -0.2) is 23.5 Å². The summed E-state index contributed by atoms with van der Waals surface area (Å²) in [6.45, 7) is 0. The van der Waals surface area contributed by atoms with Crippen LogP contribution in [0.4, 0.5) is 0 Å². The highest BCUT2D eigenvalue weighted by atomic mass is 15.1. The van der Waals surface area contributed by atoms with Gasteiger partial charge in [0.05, 0.1) is 39.6 Å².